The van der Waals surface area contributed by atoms with Crippen molar-refractivity contribution in [2.75, 3.05) is 50.7 Å². The molecule has 1 aliphatic heterocycles. The molecule has 0 radical (unpaired) electrons. The zero-order valence-electron chi connectivity index (χ0n) is 15.6. The van der Waals surface area contributed by atoms with Gasteiger partial charge in [0.2, 0.25) is 0 Å². The molecule has 0 saturated carbocycles. The molecule has 27 heavy (non-hydrogen) atoms. The fraction of sp³-hybridized carbons (Fsp3) is 0.444. The van der Waals surface area contributed by atoms with Crippen molar-refractivity contribution < 1.29 is 19.0 Å². The molecule has 1 saturated heterocycles. The first-order chi connectivity index (χ1) is 13.1. The molecule has 0 bridgehead atoms. The van der Waals surface area contributed by atoms with Gasteiger partial charge in [0.05, 0.1) is 32.0 Å². The largest absolute Gasteiger partial charge is 0.493 e. The summed E-state index contributed by atoms with van der Waals surface area (Å²) in [5.74, 6) is 2.77. The van der Waals surface area contributed by atoms with Gasteiger partial charge in [0.25, 0.3) is 0 Å². The molecule has 2 heterocycles. The number of rotatable bonds is 5. The Morgan fingerprint density at radius 1 is 1.26 bits per heavy atom. The highest BCUT2D eigenvalue weighted by molar-refractivity contribution is 7.99. The molecule has 1 fully saturated rings. The van der Waals surface area contributed by atoms with Crippen molar-refractivity contribution in [3.63, 3.8) is 0 Å². The molecule has 0 unspecified atom stereocenters. The highest BCUT2D eigenvalue weighted by Crippen LogP contribution is 2.37. The fourth-order valence-corrected chi connectivity index (χ4v) is 4.15. The Kier molecular flexibility index (Phi) is 6.33. The minimum Gasteiger partial charge on any atom is -0.493 e. The van der Waals surface area contributed by atoms with Crippen molar-refractivity contribution in [3.05, 3.63) is 17.8 Å². The van der Waals surface area contributed by atoms with Crippen molar-refractivity contribution in [1.29, 1.82) is 0 Å². The SMILES string of the molecule is CCOC(=O)c1[nH]c2cc(OC)c(OC)cc2c1NC(=S)N1CCSCC1. The first-order valence-corrected chi connectivity index (χ1v) is 10.2. The smallest absolute Gasteiger partial charge is 0.356 e. The second kappa shape index (κ2) is 8.71. The number of anilines is 1. The van der Waals surface area contributed by atoms with Crippen molar-refractivity contribution in [1.82, 2.24) is 9.88 Å². The summed E-state index contributed by atoms with van der Waals surface area (Å²) < 4.78 is 16.0. The number of thioether (sulfide) groups is 1. The van der Waals surface area contributed by atoms with E-state index in [0.717, 1.165) is 35.5 Å². The van der Waals surface area contributed by atoms with Crippen molar-refractivity contribution in [2.24, 2.45) is 0 Å². The van der Waals surface area contributed by atoms with E-state index in [-0.39, 0.29) is 6.61 Å². The van der Waals surface area contributed by atoms with Crippen molar-refractivity contribution in [3.8, 4) is 11.5 Å². The number of benzene rings is 1. The highest BCUT2D eigenvalue weighted by atomic mass is 32.2. The Morgan fingerprint density at radius 3 is 2.56 bits per heavy atom. The van der Waals surface area contributed by atoms with Crippen LogP contribution < -0.4 is 14.8 Å². The number of aromatic amines is 1. The van der Waals surface area contributed by atoms with Gasteiger partial charge in [-0.15, -0.1) is 0 Å². The van der Waals surface area contributed by atoms with E-state index in [2.05, 4.69) is 15.2 Å². The molecule has 1 aromatic carbocycles. The monoisotopic (exact) mass is 409 g/mol. The number of carbonyl (C=O) groups is 1. The number of nitrogens with one attached hydrogen (secondary N) is 2. The van der Waals surface area contributed by atoms with Gasteiger partial charge in [0.15, 0.2) is 16.6 Å². The lowest BCUT2D eigenvalue weighted by molar-refractivity contribution is 0.0522. The van der Waals surface area contributed by atoms with Crippen LogP contribution in [0.5, 0.6) is 11.5 Å². The molecule has 1 aliphatic rings. The minimum atomic E-state index is -0.439. The Balaban J connectivity index is 2.04. The van der Waals surface area contributed by atoms with Crippen LogP contribution in [0.3, 0.4) is 0 Å². The zero-order valence-corrected chi connectivity index (χ0v) is 17.2. The standard InChI is InChI=1S/C18H23N3O4S2/c1-4-25-17(22)16-15(20-18(26)21-5-7-27-8-6-21)11-9-13(23-2)14(24-3)10-12(11)19-16/h9-10,19H,4-8H2,1-3H3,(H,20,26). The van der Waals surface area contributed by atoms with E-state index in [4.69, 9.17) is 26.4 Å². The summed E-state index contributed by atoms with van der Waals surface area (Å²) in [7, 11) is 3.15. The second-order valence-electron chi connectivity index (χ2n) is 5.88. The number of esters is 1. The van der Waals surface area contributed by atoms with Crippen LogP contribution in [0, 0.1) is 0 Å². The molecule has 3 rings (SSSR count). The predicted octanol–water partition coefficient (Wildman–Crippen LogP) is 3.11. The summed E-state index contributed by atoms with van der Waals surface area (Å²) in [6.07, 6.45) is 0. The lowest BCUT2D eigenvalue weighted by Gasteiger charge is -2.29. The quantitative estimate of drug-likeness (QED) is 0.576. The number of hydrogen-bond acceptors (Lipinski definition) is 6. The molecule has 2 aromatic rings. The van der Waals surface area contributed by atoms with Gasteiger partial charge in [-0.05, 0) is 25.2 Å². The third kappa shape index (κ3) is 4.08. The van der Waals surface area contributed by atoms with Gasteiger partial charge in [0, 0.05) is 36.0 Å². The number of thiocarbonyl (C=S) groups is 1. The predicted molar refractivity (Wildman–Crippen MR) is 112 cm³/mol. The minimum absolute atomic E-state index is 0.286. The number of hydrogen-bond donors (Lipinski definition) is 2. The Labute approximate surface area is 167 Å². The van der Waals surface area contributed by atoms with E-state index in [1.54, 1.807) is 27.2 Å². The van der Waals surface area contributed by atoms with E-state index in [9.17, 15) is 4.79 Å². The normalized spacial score (nSPS) is 14.1. The molecule has 0 amide bonds. The topological polar surface area (TPSA) is 75.8 Å². The first kappa shape index (κ1) is 19.6. The number of methoxy groups -OCH3 is 2. The van der Waals surface area contributed by atoms with Gasteiger partial charge in [-0.3, -0.25) is 0 Å². The third-order valence-corrected chi connectivity index (χ3v) is 5.62. The van der Waals surface area contributed by atoms with Crippen LogP contribution in [0.4, 0.5) is 5.69 Å². The molecule has 146 valence electrons. The number of H-pyrrole nitrogens is 1. The summed E-state index contributed by atoms with van der Waals surface area (Å²) in [6, 6.07) is 3.62. The highest BCUT2D eigenvalue weighted by Gasteiger charge is 2.23. The summed E-state index contributed by atoms with van der Waals surface area (Å²) in [4.78, 5) is 17.7. The molecule has 2 N–H and O–H groups in total. The summed E-state index contributed by atoms with van der Waals surface area (Å²) in [5.41, 5.74) is 1.65. The fourth-order valence-electron chi connectivity index (χ4n) is 2.96. The molecule has 7 nitrogen and oxygen atoms in total. The van der Waals surface area contributed by atoms with Crippen molar-refractivity contribution >= 4 is 51.7 Å². The number of carbonyl (C=O) groups excluding carboxylic acids is 1. The van der Waals surface area contributed by atoms with Gasteiger partial charge in [-0.2, -0.15) is 11.8 Å². The summed E-state index contributed by atoms with van der Waals surface area (Å²) in [5, 5.41) is 4.63. The molecular weight excluding hydrogens is 386 g/mol. The maximum Gasteiger partial charge on any atom is 0.356 e. The second-order valence-corrected chi connectivity index (χ2v) is 7.49. The van der Waals surface area contributed by atoms with Crippen LogP contribution in [-0.2, 0) is 4.74 Å². The molecule has 1 aromatic heterocycles. The Hall–Kier alpha value is -2.13. The van der Waals surface area contributed by atoms with Crippen LogP contribution in [0.1, 0.15) is 17.4 Å². The van der Waals surface area contributed by atoms with E-state index >= 15 is 0 Å². The van der Waals surface area contributed by atoms with E-state index in [1.807, 2.05) is 17.8 Å². The number of aromatic nitrogens is 1. The molecule has 0 aliphatic carbocycles. The summed E-state index contributed by atoms with van der Waals surface area (Å²) >= 11 is 7.50. The molecule has 0 atom stereocenters. The molecule has 9 heteroatoms. The van der Waals surface area contributed by atoms with Crippen molar-refractivity contribution in [2.45, 2.75) is 6.92 Å². The number of nitrogens with zero attached hydrogens (tertiary/aromatic N) is 1. The maximum absolute atomic E-state index is 12.5. The molecular formula is C18H23N3O4S2. The lowest BCUT2D eigenvalue weighted by atomic mass is 10.2. The van der Waals surface area contributed by atoms with Crippen LogP contribution in [0.25, 0.3) is 10.9 Å². The Bertz CT molecular complexity index is 847. The van der Waals surface area contributed by atoms with Crippen LogP contribution >= 0.6 is 24.0 Å². The van der Waals surface area contributed by atoms with E-state index < -0.39 is 5.97 Å². The van der Waals surface area contributed by atoms with Crippen LogP contribution in [-0.4, -0.2) is 66.4 Å². The van der Waals surface area contributed by atoms with E-state index in [0.29, 0.717) is 28.0 Å². The van der Waals surface area contributed by atoms with Gasteiger partial charge in [-0.25, -0.2) is 4.79 Å². The van der Waals surface area contributed by atoms with Gasteiger partial charge in [0.1, 0.15) is 5.69 Å². The number of ether oxygens (including phenoxy) is 3. The summed E-state index contributed by atoms with van der Waals surface area (Å²) in [6.45, 7) is 3.82. The average Bonchev–Trinajstić information content (AvgIpc) is 3.05. The maximum atomic E-state index is 12.5. The van der Waals surface area contributed by atoms with Gasteiger partial charge < -0.3 is 29.4 Å². The Morgan fingerprint density at radius 2 is 1.93 bits per heavy atom. The van der Waals surface area contributed by atoms with Gasteiger partial charge >= 0.3 is 5.97 Å². The van der Waals surface area contributed by atoms with Crippen LogP contribution in [0.15, 0.2) is 12.1 Å². The zero-order chi connectivity index (χ0) is 19.4. The lowest BCUT2D eigenvalue weighted by Crippen LogP contribution is -2.40. The molecule has 0 spiro atoms. The van der Waals surface area contributed by atoms with E-state index in [1.165, 1.54) is 0 Å². The van der Waals surface area contributed by atoms with Crippen LogP contribution in [0.2, 0.25) is 0 Å². The average molecular weight is 410 g/mol. The first-order valence-electron chi connectivity index (χ1n) is 8.67. The number of fused-ring (bicyclic) bond motifs is 1. The third-order valence-electron chi connectivity index (χ3n) is 4.31. The van der Waals surface area contributed by atoms with Gasteiger partial charge in [-0.1, -0.05) is 0 Å².